The van der Waals surface area contributed by atoms with Crippen molar-refractivity contribution < 1.29 is 13.9 Å². The molecular formula is C22H22N4O3. The zero-order chi connectivity index (χ0) is 20.2. The monoisotopic (exact) mass is 390 g/mol. The maximum atomic E-state index is 12.4. The summed E-state index contributed by atoms with van der Waals surface area (Å²) in [6, 6.07) is 13.1. The molecule has 0 unspecified atom stereocenters. The third-order valence-electron chi connectivity index (χ3n) is 4.67. The number of fused-ring (bicyclic) bond motifs is 1. The second kappa shape index (κ2) is 8.18. The van der Waals surface area contributed by atoms with Gasteiger partial charge in [-0.2, -0.15) is 5.10 Å². The van der Waals surface area contributed by atoms with Crippen LogP contribution in [0.2, 0.25) is 0 Å². The molecular weight excluding hydrogens is 368 g/mol. The molecule has 0 aliphatic carbocycles. The number of oxazole rings is 1. The van der Waals surface area contributed by atoms with Crippen LogP contribution in [0.1, 0.15) is 27.4 Å². The highest BCUT2D eigenvalue weighted by Gasteiger charge is 2.11. The molecule has 0 bridgehead atoms. The van der Waals surface area contributed by atoms with E-state index in [4.69, 9.17) is 9.15 Å². The van der Waals surface area contributed by atoms with Crippen molar-refractivity contribution in [2.24, 2.45) is 7.05 Å². The fourth-order valence-corrected chi connectivity index (χ4v) is 3.13. The molecule has 29 heavy (non-hydrogen) atoms. The van der Waals surface area contributed by atoms with Crippen molar-refractivity contribution in [1.82, 2.24) is 20.1 Å². The van der Waals surface area contributed by atoms with Crippen LogP contribution in [0.25, 0.3) is 11.1 Å². The lowest BCUT2D eigenvalue weighted by atomic mass is 10.1. The molecule has 4 rings (SSSR count). The van der Waals surface area contributed by atoms with Crippen LogP contribution in [0, 0.1) is 0 Å². The Morgan fingerprint density at radius 3 is 2.72 bits per heavy atom. The normalized spacial score (nSPS) is 11.0. The van der Waals surface area contributed by atoms with E-state index >= 15 is 0 Å². The van der Waals surface area contributed by atoms with Crippen molar-refractivity contribution in [3.05, 3.63) is 77.4 Å². The number of rotatable bonds is 7. The minimum atomic E-state index is -0.135. The van der Waals surface area contributed by atoms with Crippen LogP contribution in [0.4, 0.5) is 0 Å². The van der Waals surface area contributed by atoms with E-state index in [1.54, 1.807) is 30.1 Å². The number of aromatic nitrogens is 3. The molecule has 0 saturated heterocycles. The second-order valence-corrected chi connectivity index (χ2v) is 6.84. The average Bonchev–Trinajstić information content (AvgIpc) is 3.33. The average molecular weight is 390 g/mol. The van der Waals surface area contributed by atoms with Crippen LogP contribution in [0.15, 0.2) is 59.3 Å². The molecule has 0 atom stereocenters. The summed E-state index contributed by atoms with van der Waals surface area (Å²) in [5.41, 5.74) is 4.05. The van der Waals surface area contributed by atoms with Crippen molar-refractivity contribution in [2.75, 3.05) is 13.7 Å². The molecule has 1 amide bonds. The largest absolute Gasteiger partial charge is 0.497 e. The van der Waals surface area contributed by atoms with Crippen LogP contribution >= 0.6 is 0 Å². The van der Waals surface area contributed by atoms with E-state index < -0.39 is 0 Å². The second-order valence-electron chi connectivity index (χ2n) is 6.84. The number of ether oxygens (including phenoxy) is 1. The van der Waals surface area contributed by atoms with Crippen molar-refractivity contribution in [3.63, 3.8) is 0 Å². The first-order chi connectivity index (χ1) is 14.1. The Morgan fingerprint density at radius 1 is 1.17 bits per heavy atom. The van der Waals surface area contributed by atoms with Gasteiger partial charge in [0, 0.05) is 31.8 Å². The molecule has 1 N–H and O–H groups in total. The molecule has 2 aromatic heterocycles. The number of aryl methyl sites for hydroxylation is 1. The standard InChI is InChI=1S/C22H22N4O3/c1-26-14-16(13-24-26)9-10-23-22(27)17-5-8-19-20(12-17)29-21(25-19)11-15-3-6-18(28-2)7-4-15/h3-8,12-14H,9-11H2,1-2H3,(H,23,27). The Bertz CT molecular complexity index is 1130. The first kappa shape index (κ1) is 18.7. The molecule has 0 spiro atoms. The van der Waals surface area contributed by atoms with Crippen LogP contribution in [0.5, 0.6) is 5.75 Å². The van der Waals surface area contributed by atoms with Gasteiger partial charge in [0.2, 0.25) is 0 Å². The summed E-state index contributed by atoms with van der Waals surface area (Å²) in [7, 11) is 3.51. The molecule has 7 nitrogen and oxygen atoms in total. The number of nitrogens with one attached hydrogen (secondary N) is 1. The summed E-state index contributed by atoms with van der Waals surface area (Å²) >= 11 is 0. The number of nitrogens with zero attached hydrogens (tertiary/aromatic N) is 3. The number of amides is 1. The Balaban J connectivity index is 1.41. The topological polar surface area (TPSA) is 82.2 Å². The molecule has 7 heteroatoms. The van der Waals surface area contributed by atoms with Gasteiger partial charge in [-0.3, -0.25) is 9.48 Å². The van der Waals surface area contributed by atoms with Crippen LogP contribution in [-0.4, -0.2) is 34.3 Å². The number of hydrogen-bond acceptors (Lipinski definition) is 5. The van der Waals surface area contributed by atoms with Gasteiger partial charge in [0.05, 0.1) is 13.3 Å². The zero-order valence-corrected chi connectivity index (χ0v) is 16.4. The van der Waals surface area contributed by atoms with Crippen molar-refractivity contribution in [1.29, 1.82) is 0 Å². The van der Waals surface area contributed by atoms with Gasteiger partial charge in [-0.25, -0.2) is 4.98 Å². The van der Waals surface area contributed by atoms with Gasteiger partial charge in [-0.05, 0) is 47.9 Å². The molecule has 0 aliphatic heterocycles. The highest BCUT2D eigenvalue weighted by Crippen LogP contribution is 2.20. The fourth-order valence-electron chi connectivity index (χ4n) is 3.13. The summed E-state index contributed by atoms with van der Waals surface area (Å²) in [6.07, 6.45) is 5.05. The lowest BCUT2D eigenvalue weighted by molar-refractivity contribution is 0.0954. The van der Waals surface area contributed by atoms with E-state index in [1.807, 2.05) is 43.6 Å². The van der Waals surface area contributed by atoms with Gasteiger partial charge < -0.3 is 14.5 Å². The summed E-state index contributed by atoms with van der Waals surface area (Å²) in [4.78, 5) is 17.0. The quantitative estimate of drug-likeness (QED) is 0.524. The maximum Gasteiger partial charge on any atom is 0.251 e. The molecule has 0 fully saturated rings. The third kappa shape index (κ3) is 4.45. The highest BCUT2D eigenvalue weighted by atomic mass is 16.5. The summed E-state index contributed by atoms with van der Waals surface area (Å²) < 4.78 is 12.8. The molecule has 2 aromatic carbocycles. The SMILES string of the molecule is COc1ccc(Cc2nc3ccc(C(=O)NCCc4cnn(C)c4)cc3o2)cc1. The highest BCUT2D eigenvalue weighted by molar-refractivity contribution is 5.97. The van der Waals surface area contributed by atoms with Gasteiger partial charge in [-0.1, -0.05) is 12.1 Å². The Morgan fingerprint density at radius 2 is 2.00 bits per heavy atom. The summed E-state index contributed by atoms with van der Waals surface area (Å²) in [5.74, 6) is 1.29. The molecule has 0 aliphatic rings. The van der Waals surface area contributed by atoms with Gasteiger partial charge in [-0.15, -0.1) is 0 Å². The van der Waals surface area contributed by atoms with E-state index in [-0.39, 0.29) is 5.91 Å². The predicted molar refractivity (Wildman–Crippen MR) is 109 cm³/mol. The minimum absolute atomic E-state index is 0.135. The maximum absolute atomic E-state index is 12.4. The summed E-state index contributed by atoms with van der Waals surface area (Å²) in [5, 5.41) is 7.05. The number of carbonyl (C=O) groups is 1. The number of benzene rings is 2. The fraction of sp³-hybridized carbons (Fsp3) is 0.227. The first-order valence-electron chi connectivity index (χ1n) is 9.39. The molecule has 148 valence electrons. The van der Waals surface area contributed by atoms with E-state index in [2.05, 4.69) is 15.4 Å². The number of methoxy groups -OCH3 is 1. The first-order valence-corrected chi connectivity index (χ1v) is 9.39. The van der Waals surface area contributed by atoms with Gasteiger partial charge in [0.1, 0.15) is 11.3 Å². The molecule has 2 heterocycles. The molecule has 0 saturated carbocycles. The smallest absolute Gasteiger partial charge is 0.251 e. The predicted octanol–water partition coefficient (Wildman–Crippen LogP) is 3.13. The summed E-state index contributed by atoms with van der Waals surface area (Å²) in [6.45, 7) is 0.543. The van der Waals surface area contributed by atoms with E-state index in [0.717, 1.165) is 28.8 Å². The van der Waals surface area contributed by atoms with Crippen LogP contribution < -0.4 is 10.1 Å². The van der Waals surface area contributed by atoms with Crippen molar-refractivity contribution in [3.8, 4) is 5.75 Å². The number of hydrogen-bond donors (Lipinski definition) is 1. The van der Waals surface area contributed by atoms with E-state index in [9.17, 15) is 4.79 Å². The lowest BCUT2D eigenvalue weighted by Crippen LogP contribution is -2.25. The van der Waals surface area contributed by atoms with Gasteiger partial charge >= 0.3 is 0 Å². The van der Waals surface area contributed by atoms with Crippen molar-refractivity contribution in [2.45, 2.75) is 12.8 Å². The minimum Gasteiger partial charge on any atom is -0.497 e. The van der Waals surface area contributed by atoms with Gasteiger partial charge in [0.15, 0.2) is 11.5 Å². The van der Waals surface area contributed by atoms with Crippen molar-refractivity contribution >= 4 is 17.0 Å². The third-order valence-corrected chi connectivity index (χ3v) is 4.67. The Labute approximate surface area is 168 Å². The molecule has 0 radical (unpaired) electrons. The zero-order valence-electron chi connectivity index (χ0n) is 16.4. The molecule has 4 aromatic rings. The lowest BCUT2D eigenvalue weighted by Gasteiger charge is -2.04. The van der Waals surface area contributed by atoms with Crippen LogP contribution in [-0.2, 0) is 19.9 Å². The Hall–Kier alpha value is -3.61. The van der Waals surface area contributed by atoms with Gasteiger partial charge in [0.25, 0.3) is 5.91 Å². The van der Waals surface area contributed by atoms with E-state index in [0.29, 0.717) is 30.0 Å². The Kier molecular flexibility index (Phi) is 5.29. The van der Waals surface area contributed by atoms with E-state index in [1.165, 1.54) is 0 Å². The van der Waals surface area contributed by atoms with Crippen LogP contribution in [0.3, 0.4) is 0 Å². The number of carbonyl (C=O) groups excluding carboxylic acids is 1.